The molecule has 0 amide bonds. The first-order valence-electron chi connectivity index (χ1n) is 3.71. The molecule has 0 aliphatic heterocycles. The van der Waals surface area contributed by atoms with Gasteiger partial charge < -0.3 is 9.99 Å². The van der Waals surface area contributed by atoms with Crippen LogP contribution in [-0.4, -0.2) is 16.5 Å². The number of hydrogen-bond donors (Lipinski definition) is 2. The number of aliphatic hydroxyl groups excluding tert-OH is 1. The summed E-state index contributed by atoms with van der Waals surface area (Å²) < 4.78 is 0. The fraction of sp³-hybridized carbons (Fsp3) is 0.333. The third kappa shape index (κ3) is 7.05. The van der Waals surface area contributed by atoms with Crippen molar-refractivity contribution >= 4 is 0 Å². The number of hydrogen-bond acceptors (Lipinski definition) is 3. The van der Waals surface area contributed by atoms with Gasteiger partial charge in [0.1, 0.15) is 0 Å². The molecule has 0 aliphatic carbocycles. The maximum atomic E-state index is 8.06. The lowest BCUT2D eigenvalue weighted by molar-refractivity contribution is -0.137. The van der Waals surface area contributed by atoms with E-state index in [9.17, 15) is 0 Å². The molecular weight excluding hydrogens is 156 g/mol. The lowest BCUT2D eigenvalue weighted by atomic mass is 10.3. The number of rotatable bonds is 1. The Bertz CT molecular complexity index is 181. The van der Waals surface area contributed by atoms with Crippen LogP contribution in [0.3, 0.4) is 0 Å². The molecule has 68 valence electrons. The van der Waals surface area contributed by atoms with Crippen LogP contribution in [-0.2, 0) is 0 Å². The number of aliphatic hydroxyl groups is 1. The highest BCUT2D eigenvalue weighted by Crippen LogP contribution is 2.05. The molecule has 1 rings (SSSR count). The molecule has 0 saturated heterocycles. The van der Waals surface area contributed by atoms with Crippen molar-refractivity contribution in [2.24, 2.45) is 0 Å². The van der Waals surface area contributed by atoms with E-state index in [1.165, 1.54) is 0 Å². The molecule has 0 aromatic heterocycles. The summed E-state index contributed by atoms with van der Waals surface area (Å²) in [5.41, 5.74) is 0. The zero-order valence-corrected chi connectivity index (χ0v) is 7.27. The highest BCUT2D eigenvalue weighted by atomic mass is 17.1. The van der Waals surface area contributed by atoms with E-state index in [0.29, 0.717) is 5.75 Å². The van der Waals surface area contributed by atoms with Gasteiger partial charge in [-0.15, -0.1) is 0 Å². The Hall–Kier alpha value is -1.06. The van der Waals surface area contributed by atoms with E-state index in [-0.39, 0.29) is 6.10 Å². The van der Waals surface area contributed by atoms with Gasteiger partial charge in [-0.05, 0) is 26.0 Å². The molecule has 0 atom stereocenters. The van der Waals surface area contributed by atoms with Crippen molar-refractivity contribution in [1.29, 1.82) is 0 Å². The highest BCUT2D eigenvalue weighted by Gasteiger charge is 1.82. The minimum atomic E-state index is -0.167. The highest BCUT2D eigenvalue weighted by molar-refractivity contribution is 5.19. The molecule has 0 spiro atoms. The van der Waals surface area contributed by atoms with Gasteiger partial charge in [0.05, 0.1) is 0 Å². The van der Waals surface area contributed by atoms with Crippen LogP contribution in [0.25, 0.3) is 0 Å². The number of benzene rings is 1. The molecule has 0 saturated carbocycles. The molecular formula is C9H14O3. The van der Waals surface area contributed by atoms with E-state index in [4.69, 9.17) is 10.4 Å². The van der Waals surface area contributed by atoms with Crippen molar-refractivity contribution < 1.29 is 15.3 Å². The Morgan fingerprint density at radius 1 is 1.17 bits per heavy atom. The summed E-state index contributed by atoms with van der Waals surface area (Å²) in [4.78, 5) is 3.91. The van der Waals surface area contributed by atoms with Crippen molar-refractivity contribution in [3.8, 4) is 5.75 Å². The second kappa shape index (κ2) is 6.64. The zero-order chi connectivity index (χ0) is 9.40. The van der Waals surface area contributed by atoms with Crippen molar-refractivity contribution in [2.75, 3.05) is 0 Å². The van der Waals surface area contributed by atoms with Crippen molar-refractivity contribution in [2.45, 2.75) is 20.0 Å². The van der Waals surface area contributed by atoms with E-state index < -0.39 is 0 Å². The van der Waals surface area contributed by atoms with Crippen LogP contribution in [0.4, 0.5) is 0 Å². The van der Waals surface area contributed by atoms with Gasteiger partial charge in [-0.1, -0.05) is 18.2 Å². The topological polar surface area (TPSA) is 49.7 Å². The maximum Gasteiger partial charge on any atom is 0.165 e. The Kier molecular flexibility index (Phi) is 6.05. The van der Waals surface area contributed by atoms with Crippen molar-refractivity contribution in [1.82, 2.24) is 0 Å². The van der Waals surface area contributed by atoms with E-state index in [1.54, 1.807) is 38.1 Å². The minimum absolute atomic E-state index is 0.167. The van der Waals surface area contributed by atoms with Gasteiger partial charge >= 0.3 is 0 Å². The quantitative estimate of drug-likeness (QED) is 0.500. The van der Waals surface area contributed by atoms with E-state index >= 15 is 0 Å². The predicted octanol–water partition coefficient (Wildman–Crippen LogP) is 1.93. The van der Waals surface area contributed by atoms with Gasteiger partial charge in [0.2, 0.25) is 0 Å². The zero-order valence-electron chi connectivity index (χ0n) is 7.27. The molecule has 3 nitrogen and oxygen atoms in total. The molecule has 2 N–H and O–H groups in total. The lowest BCUT2D eigenvalue weighted by Gasteiger charge is -1.90. The first-order chi connectivity index (χ1) is 5.66. The molecule has 0 heterocycles. The average molecular weight is 170 g/mol. The summed E-state index contributed by atoms with van der Waals surface area (Å²) in [7, 11) is 0. The van der Waals surface area contributed by atoms with Crippen LogP contribution in [0.15, 0.2) is 30.3 Å². The Labute approximate surface area is 72.2 Å². The first-order valence-corrected chi connectivity index (χ1v) is 3.71. The Morgan fingerprint density at radius 2 is 1.58 bits per heavy atom. The smallest absolute Gasteiger partial charge is 0.165 e. The fourth-order valence-electron chi connectivity index (χ4n) is 0.481. The molecule has 0 aliphatic rings. The SMILES string of the molecule is CC(C)O.OOc1ccccc1. The first kappa shape index (κ1) is 10.9. The van der Waals surface area contributed by atoms with Crippen molar-refractivity contribution in [3.63, 3.8) is 0 Å². The molecule has 1 aromatic rings. The second-order valence-electron chi connectivity index (χ2n) is 2.50. The third-order valence-corrected chi connectivity index (χ3v) is 0.849. The molecule has 0 unspecified atom stereocenters. The van der Waals surface area contributed by atoms with Crippen molar-refractivity contribution in [3.05, 3.63) is 30.3 Å². The molecule has 0 fully saturated rings. The van der Waals surface area contributed by atoms with Gasteiger partial charge in [-0.25, -0.2) is 5.26 Å². The largest absolute Gasteiger partial charge is 0.394 e. The fourth-order valence-corrected chi connectivity index (χ4v) is 0.481. The molecule has 1 aromatic carbocycles. The average Bonchev–Trinajstić information content (AvgIpc) is 2.05. The Balaban J connectivity index is 0.000000261. The van der Waals surface area contributed by atoms with Crippen LogP contribution in [0.2, 0.25) is 0 Å². The van der Waals surface area contributed by atoms with Crippen LogP contribution >= 0.6 is 0 Å². The van der Waals surface area contributed by atoms with Crippen LogP contribution in [0, 0.1) is 0 Å². The summed E-state index contributed by atoms with van der Waals surface area (Å²) in [6.07, 6.45) is -0.167. The summed E-state index contributed by atoms with van der Waals surface area (Å²) >= 11 is 0. The summed E-state index contributed by atoms with van der Waals surface area (Å²) in [6.45, 7) is 3.44. The van der Waals surface area contributed by atoms with E-state index in [2.05, 4.69) is 4.89 Å². The van der Waals surface area contributed by atoms with Gasteiger partial charge in [0.25, 0.3) is 0 Å². The van der Waals surface area contributed by atoms with Gasteiger partial charge in [-0.2, -0.15) is 0 Å². The van der Waals surface area contributed by atoms with Gasteiger partial charge in [0.15, 0.2) is 5.75 Å². The van der Waals surface area contributed by atoms with Gasteiger partial charge in [-0.3, -0.25) is 0 Å². The molecule has 3 heteroatoms. The van der Waals surface area contributed by atoms with Crippen LogP contribution in [0.5, 0.6) is 5.75 Å². The maximum absolute atomic E-state index is 8.06. The predicted molar refractivity (Wildman–Crippen MR) is 47.1 cm³/mol. The third-order valence-electron chi connectivity index (χ3n) is 0.849. The molecule has 0 bridgehead atoms. The summed E-state index contributed by atoms with van der Waals surface area (Å²) in [5, 5.41) is 16.1. The Morgan fingerprint density at radius 3 is 1.83 bits per heavy atom. The van der Waals surface area contributed by atoms with E-state index in [0.717, 1.165) is 0 Å². The molecule has 12 heavy (non-hydrogen) atoms. The van der Waals surface area contributed by atoms with Crippen LogP contribution < -0.4 is 4.89 Å². The summed E-state index contributed by atoms with van der Waals surface area (Å²) in [5.74, 6) is 0.465. The lowest BCUT2D eigenvalue weighted by Crippen LogP contribution is -1.85. The van der Waals surface area contributed by atoms with E-state index in [1.807, 2.05) is 6.07 Å². The monoisotopic (exact) mass is 170 g/mol. The minimum Gasteiger partial charge on any atom is -0.394 e. The summed E-state index contributed by atoms with van der Waals surface area (Å²) in [6, 6.07) is 8.75. The standard InChI is InChI=1S/C6H6O2.C3H8O/c7-8-6-4-2-1-3-5-6;1-3(2)4/h1-5,7H;3-4H,1-2H3. The second-order valence-corrected chi connectivity index (χ2v) is 2.50. The normalized spacial score (nSPS) is 8.75. The number of para-hydroxylation sites is 1. The molecule has 0 radical (unpaired) electrons. The van der Waals surface area contributed by atoms with Crippen LogP contribution in [0.1, 0.15) is 13.8 Å². The van der Waals surface area contributed by atoms with Gasteiger partial charge in [0, 0.05) is 6.10 Å².